The lowest BCUT2D eigenvalue weighted by molar-refractivity contribution is 0.00578. The maximum atomic E-state index is 6.22. The van der Waals surface area contributed by atoms with Gasteiger partial charge in [-0.2, -0.15) is 0 Å². The number of H-pyrrole nitrogens is 1. The van der Waals surface area contributed by atoms with Crippen LogP contribution in [0, 0.1) is 5.92 Å². The summed E-state index contributed by atoms with van der Waals surface area (Å²) in [7, 11) is -0.339. The SMILES string of the molecule is CC1(C)OB(c2ccc3c(ccc4[nH]c(C5CC6CC6N5)nc43)c2)OC1(C)C. The maximum Gasteiger partial charge on any atom is 0.494 e. The van der Waals surface area contributed by atoms with Gasteiger partial charge in [-0.1, -0.05) is 24.3 Å². The van der Waals surface area contributed by atoms with Crippen molar-refractivity contribution in [1.29, 1.82) is 0 Å². The smallest absolute Gasteiger partial charge is 0.399 e. The molecule has 3 aliphatic rings. The molecule has 2 saturated heterocycles. The highest BCUT2D eigenvalue weighted by atomic mass is 16.7. The van der Waals surface area contributed by atoms with Crippen LogP contribution in [0.5, 0.6) is 0 Å². The molecule has 3 atom stereocenters. The minimum absolute atomic E-state index is 0.331. The van der Waals surface area contributed by atoms with E-state index in [4.69, 9.17) is 14.3 Å². The Balaban J connectivity index is 1.37. The van der Waals surface area contributed by atoms with Crippen molar-refractivity contribution in [3.05, 3.63) is 36.2 Å². The molecule has 6 rings (SSSR count). The number of hydrogen-bond donors (Lipinski definition) is 2. The Bertz CT molecular complexity index is 1080. The Kier molecular flexibility index (Phi) is 3.27. The van der Waals surface area contributed by atoms with Gasteiger partial charge in [0.1, 0.15) is 5.82 Å². The first kappa shape index (κ1) is 17.0. The van der Waals surface area contributed by atoms with Crippen LogP contribution in [0.3, 0.4) is 0 Å². The Morgan fingerprint density at radius 2 is 1.82 bits per heavy atom. The molecular weight excluding hydrogens is 349 g/mol. The molecule has 1 aromatic heterocycles. The third-order valence-electron chi connectivity index (χ3n) is 7.24. The molecule has 6 heteroatoms. The number of benzene rings is 2. The van der Waals surface area contributed by atoms with E-state index in [0.29, 0.717) is 6.04 Å². The molecule has 0 bridgehead atoms. The van der Waals surface area contributed by atoms with Crippen LogP contribution in [0.4, 0.5) is 0 Å². The molecule has 0 radical (unpaired) electrons. The van der Waals surface area contributed by atoms with Gasteiger partial charge in [0.25, 0.3) is 0 Å². The molecular formula is C22H26BN3O2. The van der Waals surface area contributed by atoms with Gasteiger partial charge in [0.15, 0.2) is 0 Å². The number of aromatic amines is 1. The van der Waals surface area contributed by atoms with Crippen LogP contribution in [-0.4, -0.2) is 34.3 Å². The van der Waals surface area contributed by atoms with Crippen LogP contribution in [0.25, 0.3) is 21.8 Å². The summed E-state index contributed by atoms with van der Waals surface area (Å²) in [5.41, 5.74) is 2.55. The van der Waals surface area contributed by atoms with E-state index in [1.807, 2.05) is 0 Å². The topological polar surface area (TPSA) is 59.2 Å². The molecule has 1 saturated carbocycles. The second-order valence-electron chi connectivity index (χ2n) is 9.71. The van der Waals surface area contributed by atoms with E-state index in [2.05, 4.69) is 68.3 Å². The van der Waals surface area contributed by atoms with Crippen LogP contribution < -0.4 is 10.8 Å². The number of piperidine rings is 1. The van der Waals surface area contributed by atoms with E-state index in [1.54, 1.807) is 0 Å². The van der Waals surface area contributed by atoms with E-state index < -0.39 is 0 Å². The Morgan fingerprint density at radius 1 is 1.04 bits per heavy atom. The molecule has 144 valence electrons. The molecule has 28 heavy (non-hydrogen) atoms. The number of nitrogens with one attached hydrogen (secondary N) is 2. The third kappa shape index (κ3) is 2.41. The second-order valence-corrected chi connectivity index (χ2v) is 9.71. The fourth-order valence-electron chi connectivity index (χ4n) is 4.66. The zero-order valence-electron chi connectivity index (χ0n) is 16.9. The Morgan fingerprint density at radius 3 is 2.54 bits per heavy atom. The van der Waals surface area contributed by atoms with Crippen molar-refractivity contribution in [2.24, 2.45) is 5.92 Å². The van der Waals surface area contributed by atoms with E-state index in [9.17, 15) is 0 Å². The van der Waals surface area contributed by atoms with Gasteiger partial charge < -0.3 is 19.6 Å². The molecule has 5 nitrogen and oxygen atoms in total. The lowest BCUT2D eigenvalue weighted by Gasteiger charge is -2.32. The molecule has 2 aromatic carbocycles. The van der Waals surface area contributed by atoms with Gasteiger partial charge in [0.2, 0.25) is 0 Å². The zero-order valence-corrected chi connectivity index (χ0v) is 16.9. The summed E-state index contributed by atoms with van der Waals surface area (Å²) in [6.45, 7) is 8.35. The summed E-state index contributed by atoms with van der Waals surface area (Å²) in [5.74, 6) is 1.93. The quantitative estimate of drug-likeness (QED) is 0.674. The molecule has 2 N–H and O–H groups in total. The van der Waals surface area contributed by atoms with Crippen molar-refractivity contribution in [3.8, 4) is 0 Å². The first-order valence-electron chi connectivity index (χ1n) is 10.3. The van der Waals surface area contributed by atoms with E-state index >= 15 is 0 Å². The summed E-state index contributed by atoms with van der Waals surface area (Å²) in [5, 5.41) is 6.02. The van der Waals surface area contributed by atoms with Gasteiger partial charge in [0, 0.05) is 11.4 Å². The summed E-state index contributed by atoms with van der Waals surface area (Å²) in [6, 6.07) is 11.8. The molecule has 0 amide bonds. The molecule has 3 fully saturated rings. The minimum atomic E-state index is -0.339. The maximum absolute atomic E-state index is 6.22. The molecule has 1 aliphatic carbocycles. The molecule has 2 aliphatic heterocycles. The van der Waals surface area contributed by atoms with Gasteiger partial charge in [-0.15, -0.1) is 0 Å². The van der Waals surface area contributed by atoms with Crippen LogP contribution in [0.1, 0.15) is 52.4 Å². The van der Waals surface area contributed by atoms with Crippen molar-refractivity contribution < 1.29 is 9.31 Å². The second kappa shape index (κ2) is 5.38. The fourth-order valence-corrected chi connectivity index (χ4v) is 4.66. The van der Waals surface area contributed by atoms with Gasteiger partial charge in [0.05, 0.1) is 28.3 Å². The summed E-state index contributed by atoms with van der Waals surface area (Å²) >= 11 is 0. The van der Waals surface area contributed by atoms with E-state index in [-0.39, 0.29) is 18.3 Å². The van der Waals surface area contributed by atoms with Crippen molar-refractivity contribution >= 4 is 34.4 Å². The van der Waals surface area contributed by atoms with Gasteiger partial charge in [-0.05, 0) is 63.4 Å². The van der Waals surface area contributed by atoms with Gasteiger partial charge in [-0.25, -0.2) is 4.98 Å². The standard InChI is InChI=1S/C22H26BN3O2/c1-21(2)22(3,4)28-23(27-21)14-6-7-15-12(9-14)5-8-16-19(15)26-20(25-16)18-11-13-10-17(13)24-18/h5-9,13,17-18,24H,10-11H2,1-4H3,(H,25,26). The molecule has 3 heterocycles. The van der Waals surface area contributed by atoms with Crippen molar-refractivity contribution in [2.75, 3.05) is 0 Å². The molecule has 0 spiro atoms. The summed E-state index contributed by atoms with van der Waals surface area (Å²) in [4.78, 5) is 8.51. The predicted molar refractivity (Wildman–Crippen MR) is 112 cm³/mol. The fraction of sp³-hybridized carbons (Fsp3) is 0.500. The lowest BCUT2D eigenvalue weighted by atomic mass is 9.78. The summed E-state index contributed by atoms with van der Waals surface area (Å²) in [6.07, 6.45) is 2.54. The highest BCUT2D eigenvalue weighted by Gasteiger charge is 2.51. The lowest BCUT2D eigenvalue weighted by Crippen LogP contribution is -2.41. The van der Waals surface area contributed by atoms with Gasteiger partial charge >= 0.3 is 7.12 Å². The number of nitrogens with zero attached hydrogens (tertiary/aromatic N) is 1. The Labute approximate surface area is 165 Å². The normalized spacial score (nSPS) is 30.3. The number of fused-ring (bicyclic) bond motifs is 4. The molecule has 3 unspecified atom stereocenters. The largest absolute Gasteiger partial charge is 0.494 e. The number of rotatable bonds is 2. The van der Waals surface area contributed by atoms with Crippen molar-refractivity contribution in [2.45, 2.75) is 63.8 Å². The molecule has 3 aromatic rings. The summed E-state index contributed by atoms with van der Waals surface area (Å²) < 4.78 is 12.4. The van der Waals surface area contributed by atoms with Crippen molar-refractivity contribution in [3.63, 3.8) is 0 Å². The van der Waals surface area contributed by atoms with Crippen molar-refractivity contribution in [1.82, 2.24) is 15.3 Å². The average Bonchev–Trinajstić information content (AvgIpc) is 3.01. The number of aromatic nitrogens is 2. The first-order chi connectivity index (χ1) is 13.3. The average molecular weight is 375 g/mol. The minimum Gasteiger partial charge on any atom is -0.399 e. The monoisotopic (exact) mass is 375 g/mol. The highest BCUT2D eigenvalue weighted by Crippen LogP contribution is 2.45. The number of hydrogen-bond acceptors (Lipinski definition) is 4. The third-order valence-corrected chi connectivity index (χ3v) is 7.24. The predicted octanol–water partition coefficient (Wildman–Crippen LogP) is 3.44. The highest BCUT2D eigenvalue weighted by molar-refractivity contribution is 6.62. The Hall–Kier alpha value is -1.89. The van der Waals surface area contributed by atoms with Crippen LogP contribution in [0.2, 0.25) is 0 Å². The van der Waals surface area contributed by atoms with E-state index in [0.717, 1.165) is 34.3 Å². The van der Waals surface area contributed by atoms with Crippen LogP contribution >= 0.6 is 0 Å². The van der Waals surface area contributed by atoms with E-state index in [1.165, 1.54) is 23.6 Å². The number of imidazole rings is 1. The zero-order chi connectivity index (χ0) is 19.3. The van der Waals surface area contributed by atoms with Crippen LogP contribution in [-0.2, 0) is 9.31 Å². The van der Waals surface area contributed by atoms with Crippen LogP contribution in [0.15, 0.2) is 30.3 Å². The van der Waals surface area contributed by atoms with Gasteiger partial charge in [-0.3, -0.25) is 0 Å². The first-order valence-corrected chi connectivity index (χ1v) is 10.3.